The van der Waals surface area contributed by atoms with Gasteiger partial charge in [0.15, 0.2) is 5.65 Å². The second-order valence-corrected chi connectivity index (χ2v) is 6.86. The summed E-state index contributed by atoms with van der Waals surface area (Å²) < 4.78 is 3.02. The van der Waals surface area contributed by atoms with Crippen LogP contribution in [0.4, 0.5) is 0 Å². The molecule has 0 N–H and O–H groups in total. The number of rotatable bonds is 2. The van der Waals surface area contributed by atoms with Gasteiger partial charge in [0.05, 0.1) is 6.33 Å². The summed E-state index contributed by atoms with van der Waals surface area (Å²) in [6.45, 7) is 0.741. The van der Waals surface area contributed by atoms with Crippen LogP contribution in [0.15, 0.2) is 22.1 Å². The van der Waals surface area contributed by atoms with Gasteiger partial charge >= 0.3 is 5.69 Å². The zero-order chi connectivity index (χ0) is 15.3. The second kappa shape index (κ2) is 4.76. The summed E-state index contributed by atoms with van der Waals surface area (Å²) in [5.41, 5.74) is 0.421. The number of nitrogens with zero attached hydrogens (tertiary/aromatic N) is 4. The van der Waals surface area contributed by atoms with Crippen LogP contribution < -0.4 is 11.2 Å². The molecule has 0 aromatic carbocycles. The fourth-order valence-corrected chi connectivity index (χ4v) is 4.10. The minimum absolute atomic E-state index is 0.0917. The maximum absolute atomic E-state index is 12.6. The van der Waals surface area contributed by atoms with Crippen LogP contribution in [0.5, 0.6) is 0 Å². The van der Waals surface area contributed by atoms with Crippen molar-refractivity contribution in [2.75, 3.05) is 0 Å². The topological polar surface area (TPSA) is 69.8 Å². The number of aryl methyl sites for hydroxylation is 1. The SMILES string of the molecule is Cn1c(=O)ncc2c(=O)n(C[C@@H]3CC34CCCCC4)cnc21. The molecule has 2 aliphatic rings. The fraction of sp³-hybridized carbons (Fsp3) is 0.625. The van der Waals surface area contributed by atoms with Gasteiger partial charge in [-0.2, -0.15) is 0 Å². The van der Waals surface area contributed by atoms with Gasteiger partial charge in [-0.25, -0.2) is 14.8 Å². The summed E-state index contributed by atoms with van der Waals surface area (Å²) in [7, 11) is 1.59. The van der Waals surface area contributed by atoms with Crippen LogP contribution in [-0.2, 0) is 13.6 Å². The van der Waals surface area contributed by atoms with E-state index in [0.717, 1.165) is 6.54 Å². The Balaban J connectivity index is 1.66. The number of aromatic nitrogens is 4. The Morgan fingerprint density at radius 1 is 1.23 bits per heavy atom. The van der Waals surface area contributed by atoms with Crippen molar-refractivity contribution >= 4 is 11.0 Å². The van der Waals surface area contributed by atoms with Crippen molar-refractivity contribution in [3.8, 4) is 0 Å². The molecule has 2 heterocycles. The minimum atomic E-state index is -0.388. The summed E-state index contributed by atoms with van der Waals surface area (Å²) in [5.74, 6) is 0.602. The van der Waals surface area contributed by atoms with E-state index in [-0.39, 0.29) is 11.2 Å². The molecule has 0 amide bonds. The average Bonchev–Trinajstić information content (AvgIpc) is 3.18. The Kier molecular flexibility index (Phi) is 2.96. The molecule has 0 aliphatic heterocycles. The lowest BCUT2D eigenvalue weighted by molar-refractivity contribution is 0.296. The summed E-state index contributed by atoms with van der Waals surface area (Å²) in [5, 5.41) is 0.419. The number of hydrogen-bond acceptors (Lipinski definition) is 4. The average molecular weight is 300 g/mol. The Morgan fingerprint density at radius 3 is 2.77 bits per heavy atom. The lowest BCUT2D eigenvalue weighted by Gasteiger charge is -2.22. The van der Waals surface area contributed by atoms with Gasteiger partial charge in [0.2, 0.25) is 0 Å². The van der Waals surface area contributed by atoms with Gasteiger partial charge < -0.3 is 0 Å². The maximum Gasteiger partial charge on any atom is 0.348 e. The zero-order valence-electron chi connectivity index (χ0n) is 12.8. The van der Waals surface area contributed by atoms with Crippen LogP contribution in [0.25, 0.3) is 11.0 Å². The smallest absolute Gasteiger partial charge is 0.298 e. The molecule has 0 unspecified atom stereocenters. The lowest BCUT2D eigenvalue weighted by Crippen LogP contribution is -2.28. The van der Waals surface area contributed by atoms with Crippen molar-refractivity contribution in [3.63, 3.8) is 0 Å². The first-order valence-electron chi connectivity index (χ1n) is 8.02. The highest BCUT2D eigenvalue weighted by atomic mass is 16.1. The number of fused-ring (bicyclic) bond motifs is 1. The highest BCUT2D eigenvalue weighted by Crippen LogP contribution is 2.61. The van der Waals surface area contributed by atoms with Crippen molar-refractivity contribution in [2.24, 2.45) is 18.4 Å². The van der Waals surface area contributed by atoms with E-state index in [1.165, 1.54) is 49.3 Å². The first kappa shape index (κ1) is 13.7. The third-order valence-corrected chi connectivity index (χ3v) is 5.59. The van der Waals surface area contributed by atoms with Crippen LogP contribution in [0.3, 0.4) is 0 Å². The van der Waals surface area contributed by atoms with E-state index in [1.54, 1.807) is 17.9 Å². The first-order chi connectivity index (χ1) is 10.6. The minimum Gasteiger partial charge on any atom is -0.298 e. The third-order valence-electron chi connectivity index (χ3n) is 5.59. The summed E-state index contributed by atoms with van der Waals surface area (Å²) in [4.78, 5) is 32.2. The van der Waals surface area contributed by atoms with Gasteiger partial charge in [-0.15, -0.1) is 0 Å². The molecule has 2 aliphatic carbocycles. The molecule has 0 saturated heterocycles. The van der Waals surface area contributed by atoms with E-state index in [1.807, 2.05) is 0 Å². The van der Waals surface area contributed by atoms with Crippen LogP contribution in [0.1, 0.15) is 38.5 Å². The van der Waals surface area contributed by atoms with E-state index in [4.69, 9.17) is 0 Å². The van der Waals surface area contributed by atoms with Crippen molar-refractivity contribution < 1.29 is 0 Å². The van der Waals surface area contributed by atoms with Gasteiger partial charge in [-0.3, -0.25) is 13.9 Å². The van der Waals surface area contributed by atoms with Gasteiger partial charge in [-0.1, -0.05) is 19.3 Å². The Labute approximate surface area is 127 Å². The molecule has 2 aromatic rings. The predicted molar refractivity (Wildman–Crippen MR) is 82.7 cm³/mol. The normalized spacial score (nSPS) is 23.0. The van der Waals surface area contributed by atoms with E-state index in [9.17, 15) is 9.59 Å². The van der Waals surface area contributed by atoms with Gasteiger partial charge in [0.25, 0.3) is 5.56 Å². The molecule has 0 bridgehead atoms. The quantitative estimate of drug-likeness (QED) is 0.842. The Morgan fingerprint density at radius 2 is 2.00 bits per heavy atom. The summed E-state index contributed by atoms with van der Waals surface area (Å²) in [6, 6.07) is 0. The Hall–Kier alpha value is -1.98. The molecule has 2 aromatic heterocycles. The van der Waals surface area contributed by atoms with Gasteiger partial charge in [-0.05, 0) is 30.6 Å². The van der Waals surface area contributed by atoms with Gasteiger partial charge in [0.1, 0.15) is 5.39 Å². The second-order valence-electron chi connectivity index (χ2n) is 6.86. The monoisotopic (exact) mass is 300 g/mol. The first-order valence-corrected chi connectivity index (χ1v) is 8.02. The summed E-state index contributed by atoms with van der Waals surface area (Å²) in [6.07, 6.45) is 10.8. The zero-order valence-corrected chi connectivity index (χ0v) is 12.8. The molecule has 6 heteroatoms. The van der Waals surface area contributed by atoms with E-state index in [2.05, 4.69) is 9.97 Å². The van der Waals surface area contributed by atoms with Crippen LogP contribution in [0, 0.1) is 11.3 Å². The van der Waals surface area contributed by atoms with Crippen molar-refractivity contribution in [1.29, 1.82) is 0 Å². The molecule has 4 rings (SSSR count). The van der Waals surface area contributed by atoms with Gasteiger partial charge in [0, 0.05) is 19.8 Å². The number of hydrogen-bond donors (Lipinski definition) is 0. The van der Waals surface area contributed by atoms with E-state index < -0.39 is 0 Å². The standard InChI is InChI=1S/C16H20N4O2/c1-19-13-12(8-17-15(19)22)14(21)20(10-18-13)9-11-7-16(11)5-3-2-4-6-16/h8,10-11H,2-7,9H2,1H3/t11-/m0/s1. The lowest BCUT2D eigenvalue weighted by atomic mass is 9.84. The Bertz CT molecular complexity index is 845. The molecule has 116 valence electrons. The van der Waals surface area contributed by atoms with Crippen molar-refractivity contribution in [2.45, 2.75) is 45.1 Å². The fourth-order valence-electron chi connectivity index (χ4n) is 4.10. The molecule has 1 atom stereocenters. The summed E-state index contributed by atoms with van der Waals surface area (Å²) >= 11 is 0. The molecule has 22 heavy (non-hydrogen) atoms. The molecule has 2 saturated carbocycles. The highest BCUT2D eigenvalue weighted by Gasteiger charge is 2.53. The van der Waals surface area contributed by atoms with Crippen molar-refractivity contribution in [3.05, 3.63) is 33.4 Å². The molecule has 1 spiro atoms. The van der Waals surface area contributed by atoms with Crippen LogP contribution in [-0.4, -0.2) is 19.1 Å². The highest BCUT2D eigenvalue weighted by molar-refractivity contribution is 5.72. The third kappa shape index (κ3) is 2.01. The molecular weight excluding hydrogens is 280 g/mol. The largest absolute Gasteiger partial charge is 0.348 e. The maximum atomic E-state index is 12.6. The van der Waals surface area contributed by atoms with E-state index >= 15 is 0 Å². The van der Waals surface area contributed by atoms with Crippen LogP contribution >= 0.6 is 0 Å². The van der Waals surface area contributed by atoms with Crippen LogP contribution in [0.2, 0.25) is 0 Å². The molecule has 6 nitrogen and oxygen atoms in total. The van der Waals surface area contributed by atoms with Crippen molar-refractivity contribution in [1.82, 2.24) is 19.1 Å². The molecular formula is C16H20N4O2. The van der Waals surface area contributed by atoms with E-state index in [0.29, 0.717) is 22.4 Å². The molecule has 2 fully saturated rings. The molecule has 0 radical (unpaired) electrons. The predicted octanol–water partition coefficient (Wildman–Crippen LogP) is 1.46.